The van der Waals surface area contributed by atoms with Crippen molar-refractivity contribution >= 4 is 29.0 Å². The Bertz CT molecular complexity index is 751. The van der Waals surface area contributed by atoms with Crippen molar-refractivity contribution in [3.8, 4) is 11.5 Å². The van der Waals surface area contributed by atoms with Gasteiger partial charge in [0.25, 0.3) is 0 Å². The van der Waals surface area contributed by atoms with Gasteiger partial charge in [0.2, 0.25) is 5.91 Å². The number of rotatable bonds is 5. The van der Waals surface area contributed by atoms with Gasteiger partial charge in [0.15, 0.2) is 0 Å². The van der Waals surface area contributed by atoms with Crippen molar-refractivity contribution < 1.29 is 14.3 Å². The second kappa shape index (κ2) is 8.16. The van der Waals surface area contributed by atoms with Gasteiger partial charge in [0, 0.05) is 17.5 Å². The zero-order chi connectivity index (χ0) is 17.6. The molecule has 132 valence electrons. The van der Waals surface area contributed by atoms with Crippen LogP contribution in [-0.4, -0.2) is 39.0 Å². The van der Waals surface area contributed by atoms with Crippen molar-refractivity contribution in [3.05, 3.63) is 42.5 Å². The molecule has 1 amide bonds. The minimum absolute atomic E-state index is 0.0757. The molecule has 0 spiro atoms. The fourth-order valence-corrected chi connectivity index (χ4v) is 3.85. The molecule has 2 aromatic rings. The summed E-state index contributed by atoms with van der Waals surface area (Å²) in [4.78, 5) is 16.0. The van der Waals surface area contributed by atoms with Gasteiger partial charge in [-0.2, -0.15) is 0 Å². The lowest BCUT2D eigenvalue weighted by Gasteiger charge is -2.24. The third-order valence-electron chi connectivity index (χ3n) is 4.05. The molecule has 0 fully saturated rings. The quantitative estimate of drug-likeness (QED) is 0.884. The Kier molecular flexibility index (Phi) is 5.71. The fourth-order valence-electron chi connectivity index (χ4n) is 2.84. The van der Waals surface area contributed by atoms with Gasteiger partial charge in [0.05, 0.1) is 32.1 Å². The number of para-hydroxylation sites is 1. The zero-order valence-electron chi connectivity index (χ0n) is 14.5. The lowest BCUT2D eigenvalue weighted by Crippen LogP contribution is -2.34. The van der Waals surface area contributed by atoms with E-state index < -0.39 is 0 Å². The van der Waals surface area contributed by atoms with Crippen LogP contribution >= 0.6 is 11.8 Å². The van der Waals surface area contributed by atoms with Crippen molar-refractivity contribution in [2.75, 3.05) is 43.3 Å². The molecule has 6 heteroatoms. The first-order valence-electron chi connectivity index (χ1n) is 8.20. The number of carbonyl (C=O) groups excluding carboxylic acids is 1. The highest BCUT2D eigenvalue weighted by Gasteiger charge is 2.18. The van der Waals surface area contributed by atoms with Gasteiger partial charge in [-0.3, -0.25) is 4.79 Å². The average Bonchev–Trinajstić information content (AvgIpc) is 2.84. The van der Waals surface area contributed by atoms with Gasteiger partial charge in [-0.25, -0.2) is 0 Å². The average molecular weight is 358 g/mol. The normalized spacial score (nSPS) is 13.6. The van der Waals surface area contributed by atoms with E-state index in [-0.39, 0.29) is 5.91 Å². The molecule has 1 heterocycles. The first kappa shape index (κ1) is 17.5. The second-order valence-electron chi connectivity index (χ2n) is 5.71. The van der Waals surface area contributed by atoms with Gasteiger partial charge in [0.1, 0.15) is 11.5 Å². The van der Waals surface area contributed by atoms with E-state index in [2.05, 4.69) is 22.3 Å². The number of hydrogen-bond donors (Lipinski definition) is 1. The topological polar surface area (TPSA) is 50.8 Å². The SMILES string of the molecule is COc1ccc(OC)c(NC(=O)CN2CCCSc3ccccc32)c1. The molecule has 0 atom stereocenters. The predicted octanol–water partition coefficient (Wildman–Crippen LogP) is 3.64. The van der Waals surface area contributed by atoms with Crippen LogP contribution in [0.4, 0.5) is 11.4 Å². The maximum Gasteiger partial charge on any atom is 0.243 e. The van der Waals surface area contributed by atoms with Gasteiger partial charge in [-0.15, -0.1) is 11.8 Å². The Morgan fingerprint density at radius 2 is 2.04 bits per heavy atom. The van der Waals surface area contributed by atoms with Crippen molar-refractivity contribution in [2.45, 2.75) is 11.3 Å². The van der Waals surface area contributed by atoms with Crippen LogP contribution in [0.3, 0.4) is 0 Å². The van der Waals surface area contributed by atoms with Crippen LogP contribution in [0.5, 0.6) is 11.5 Å². The highest BCUT2D eigenvalue weighted by molar-refractivity contribution is 7.99. The molecular weight excluding hydrogens is 336 g/mol. The molecule has 0 saturated heterocycles. The van der Waals surface area contributed by atoms with Gasteiger partial charge in [-0.1, -0.05) is 12.1 Å². The summed E-state index contributed by atoms with van der Waals surface area (Å²) >= 11 is 1.85. The Labute approximate surface area is 152 Å². The first-order chi connectivity index (χ1) is 12.2. The maximum absolute atomic E-state index is 12.6. The maximum atomic E-state index is 12.6. The fraction of sp³-hybridized carbons (Fsp3) is 0.316. The predicted molar refractivity (Wildman–Crippen MR) is 102 cm³/mol. The molecule has 1 N–H and O–H groups in total. The minimum Gasteiger partial charge on any atom is -0.497 e. The number of hydrogen-bond acceptors (Lipinski definition) is 5. The molecule has 0 bridgehead atoms. The summed E-state index contributed by atoms with van der Waals surface area (Å²) in [5.41, 5.74) is 1.74. The van der Waals surface area contributed by atoms with Gasteiger partial charge >= 0.3 is 0 Å². The summed E-state index contributed by atoms with van der Waals surface area (Å²) < 4.78 is 10.6. The Balaban J connectivity index is 1.75. The van der Waals surface area contributed by atoms with E-state index in [1.54, 1.807) is 32.4 Å². The number of fused-ring (bicyclic) bond motifs is 1. The van der Waals surface area contributed by atoms with Crippen LogP contribution in [-0.2, 0) is 4.79 Å². The highest BCUT2D eigenvalue weighted by Crippen LogP contribution is 2.33. The zero-order valence-corrected chi connectivity index (χ0v) is 15.3. The van der Waals surface area contributed by atoms with Crippen LogP contribution in [0.25, 0.3) is 0 Å². The van der Waals surface area contributed by atoms with E-state index >= 15 is 0 Å². The molecule has 2 aromatic carbocycles. The molecule has 0 radical (unpaired) electrons. The van der Waals surface area contributed by atoms with Gasteiger partial charge in [-0.05, 0) is 36.4 Å². The Morgan fingerprint density at radius 1 is 1.20 bits per heavy atom. The first-order valence-corrected chi connectivity index (χ1v) is 9.18. The van der Waals surface area contributed by atoms with E-state index in [0.717, 1.165) is 24.4 Å². The molecule has 0 aliphatic carbocycles. The Morgan fingerprint density at radius 3 is 2.84 bits per heavy atom. The van der Waals surface area contributed by atoms with Crippen LogP contribution in [0, 0.1) is 0 Å². The molecule has 25 heavy (non-hydrogen) atoms. The van der Waals surface area contributed by atoms with Crippen molar-refractivity contribution in [1.82, 2.24) is 0 Å². The minimum atomic E-state index is -0.0757. The second-order valence-corrected chi connectivity index (χ2v) is 6.84. The summed E-state index contributed by atoms with van der Waals surface area (Å²) in [7, 11) is 3.18. The molecule has 3 rings (SSSR count). The third kappa shape index (κ3) is 4.20. The van der Waals surface area contributed by atoms with E-state index in [4.69, 9.17) is 9.47 Å². The standard InChI is InChI=1S/C19H22N2O3S/c1-23-14-8-9-17(24-2)15(12-14)20-19(22)13-21-10-5-11-25-18-7-4-3-6-16(18)21/h3-4,6-9,12H,5,10-11,13H2,1-2H3,(H,20,22). The summed E-state index contributed by atoms with van der Waals surface area (Å²) in [6.45, 7) is 1.17. The molecule has 1 aliphatic rings. The number of nitrogens with one attached hydrogen (secondary N) is 1. The molecule has 0 saturated carbocycles. The number of thioether (sulfide) groups is 1. The molecule has 1 aliphatic heterocycles. The lowest BCUT2D eigenvalue weighted by atomic mass is 10.2. The molecule has 0 unspecified atom stereocenters. The number of nitrogens with zero attached hydrogens (tertiary/aromatic N) is 1. The van der Waals surface area contributed by atoms with Crippen molar-refractivity contribution in [3.63, 3.8) is 0 Å². The van der Waals surface area contributed by atoms with Crippen LogP contribution in [0.15, 0.2) is 47.4 Å². The van der Waals surface area contributed by atoms with E-state index in [0.29, 0.717) is 23.7 Å². The third-order valence-corrected chi connectivity index (χ3v) is 5.20. The number of methoxy groups -OCH3 is 2. The number of anilines is 2. The summed E-state index contributed by atoms with van der Waals surface area (Å²) in [6.07, 6.45) is 1.05. The monoisotopic (exact) mass is 358 g/mol. The smallest absolute Gasteiger partial charge is 0.243 e. The number of amides is 1. The summed E-state index contributed by atoms with van der Waals surface area (Å²) in [6, 6.07) is 13.6. The molecular formula is C19H22N2O3S. The summed E-state index contributed by atoms with van der Waals surface area (Å²) in [5, 5.41) is 2.94. The van der Waals surface area contributed by atoms with Crippen LogP contribution in [0.1, 0.15) is 6.42 Å². The largest absolute Gasteiger partial charge is 0.497 e. The summed E-state index contributed by atoms with van der Waals surface area (Å²) in [5.74, 6) is 2.28. The Hall–Kier alpha value is -2.34. The number of carbonyl (C=O) groups is 1. The van der Waals surface area contributed by atoms with E-state index in [9.17, 15) is 4.79 Å². The number of benzene rings is 2. The highest BCUT2D eigenvalue weighted by atomic mass is 32.2. The van der Waals surface area contributed by atoms with Crippen molar-refractivity contribution in [1.29, 1.82) is 0 Å². The molecule has 0 aromatic heterocycles. The van der Waals surface area contributed by atoms with Crippen molar-refractivity contribution in [2.24, 2.45) is 0 Å². The van der Waals surface area contributed by atoms with E-state index in [1.165, 1.54) is 4.90 Å². The van der Waals surface area contributed by atoms with E-state index in [1.807, 2.05) is 23.9 Å². The van der Waals surface area contributed by atoms with Gasteiger partial charge < -0.3 is 19.7 Å². The lowest BCUT2D eigenvalue weighted by molar-refractivity contribution is -0.115. The van der Waals surface area contributed by atoms with Crippen LogP contribution < -0.4 is 19.7 Å². The molecule has 5 nitrogen and oxygen atoms in total. The van der Waals surface area contributed by atoms with Crippen LogP contribution in [0.2, 0.25) is 0 Å². The number of ether oxygens (including phenoxy) is 2.